The molecule has 0 aliphatic carbocycles. The van der Waals surface area contributed by atoms with Crippen molar-refractivity contribution in [3.05, 3.63) is 77.7 Å². The fourth-order valence-electron chi connectivity index (χ4n) is 2.45. The molecule has 0 unspecified atom stereocenters. The summed E-state index contributed by atoms with van der Waals surface area (Å²) in [6, 6.07) is 13.1. The molecule has 4 aromatic rings. The highest BCUT2D eigenvalue weighted by Gasteiger charge is 2.14. The van der Waals surface area contributed by atoms with Crippen LogP contribution in [0.25, 0.3) is 21.9 Å². The Labute approximate surface area is 153 Å². The Balaban J connectivity index is 1.43. The van der Waals surface area contributed by atoms with Crippen molar-refractivity contribution in [2.45, 2.75) is 6.54 Å². The van der Waals surface area contributed by atoms with Crippen molar-refractivity contribution in [2.24, 2.45) is 0 Å². The molecule has 1 amide bonds. The summed E-state index contributed by atoms with van der Waals surface area (Å²) in [4.78, 5) is 21.6. The number of nitrogens with zero attached hydrogens (tertiary/aromatic N) is 3. The number of nitrogens with one attached hydrogen (secondary N) is 1. The topological polar surface area (TPSA) is 80.9 Å². The lowest BCUT2D eigenvalue weighted by Gasteiger charge is -2.05. The summed E-state index contributed by atoms with van der Waals surface area (Å²) >= 11 is 1.53. The Bertz CT molecular complexity index is 1010. The number of carbonyl (C=O) groups excluding carboxylic acids is 1. The fraction of sp³-hybridized carbons (Fsp3) is 0.0526. The van der Waals surface area contributed by atoms with Gasteiger partial charge in [-0.25, -0.2) is 0 Å². The molecule has 0 saturated heterocycles. The van der Waals surface area contributed by atoms with Gasteiger partial charge in [0.2, 0.25) is 0 Å². The van der Waals surface area contributed by atoms with Gasteiger partial charge in [-0.3, -0.25) is 14.8 Å². The first-order valence-electron chi connectivity index (χ1n) is 7.94. The molecule has 26 heavy (non-hydrogen) atoms. The van der Waals surface area contributed by atoms with E-state index in [1.165, 1.54) is 11.3 Å². The van der Waals surface area contributed by atoms with Gasteiger partial charge in [0, 0.05) is 36.8 Å². The molecule has 0 spiro atoms. The van der Waals surface area contributed by atoms with Crippen molar-refractivity contribution in [3.63, 3.8) is 0 Å². The van der Waals surface area contributed by atoms with Crippen LogP contribution in [0.2, 0.25) is 0 Å². The van der Waals surface area contributed by atoms with E-state index >= 15 is 0 Å². The van der Waals surface area contributed by atoms with Crippen molar-refractivity contribution in [3.8, 4) is 21.9 Å². The minimum Gasteiger partial charge on any atom is -0.355 e. The van der Waals surface area contributed by atoms with Gasteiger partial charge in [-0.15, -0.1) is 11.3 Å². The molecule has 4 aromatic heterocycles. The summed E-state index contributed by atoms with van der Waals surface area (Å²) in [7, 11) is 0. The Kier molecular flexibility index (Phi) is 4.53. The zero-order chi connectivity index (χ0) is 17.8. The molecule has 0 aliphatic rings. The normalized spacial score (nSPS) is 10.6. The van der Waals surface area contributed by atoms with Crippen molar-refractivity contribution in [1.29, 1.82) is 0 Å². The summed E-state index contributed by atoms with van der Waals surface area (Å²) in [5.74, 6) is 0.313. The summed E-state index contributed by atoms with van der Waals surface area (Å²) < 4.78 is 5.24. The lowest BCUT2D eigenvalue weighted by molar-refractivity contribution is 0.0942. The van der Waals surface area contributed by atoms with Gasteiger partial charge >= 0.3 is 0 Å². The van der Waals surface area contributed by atoms with Gasteiger partial charge in [0.1, 0.15) is 0 Å². The molecule has 0 bridgehead atoms. The average molecular weight is 362 g/mol. The van der Waals surface area contributed by atoms with E-state index < -0.39 is 0 Å². The summed E-state index contributed by atoms with van der Waals surface area (Å²) in [5.41, 5.74) is 3.02. The molecular weight excluding hydrogens is 348 g/mol. The summed E-state index contributed by atoms with van der Waals surface area (Å²) in [5, 5.41) is 8.65. The quantitative estimate of drug-likeness (QED) is 0.584. The molecule has 7 heteroatoms. The first kappa shape index (κ1) is 16.2. The lowest BCUT2D eigenvalue weighted by Crippen LogP contribution is -2.23. The van der Waals surface area contributed by atoms with Gasteiger partial charge in [-0.1, -0.05) is 11.2 Å². The number of carbonyl (C=O) groups is 1. The van der Waals surface area contributed by atoms with Gasteiger partial charge in [0.15, 0.2) is 11.5 Å². The second kappa shape index (κ2) is 7.28. The Morgan fingerprint density at radius 3 is 2.81 bits per heavy atom. The van der Waals surface area contributed by atoms with Crippen molar-refractivity contribution < 1.29 is 9.32 Å². The maximum Gasteiger partial charge on any atom is 0.273 e. The Morgan fingerprint density at radius 2 is 2.00 bits per heavy atom. The molecule has 0 aliphatic heterocycles. The lowest BCUT2D eigenvalue weighted by atomic mass is 10.1. The third-order valence-corrected chi connectivity index (χ3v) is 4.64. The van der Waals surface area contributed by atoms with E-state index in [0.717, 1.165) is 21.7 Å². The average Bonchev–Trinajstić information content (AvgIpc) is 3.38. The second-order valence-electron chi connectivity index (χ2n) is 5.52. The van der Waals surface area contributed by atoms with E-state index in [4.69, 9.17) is 4.52 Å². The van der Waals surface area contributed by atoms with Crippen LogP contribution in [0.3, 0.4) is 0 Å². The minimum absolute atomic E-state index is 0.261. The van der Waals surface area contributed by atoms with Crippen LogP contribution in [0.15, 0.2) is 71.0 Å². The monoisotopic (exact) mass is 362 g/mol. The predicted molar refractivity (Wildman–Crippen MR) is 98.5 cm³/mol. The maximum atomic E-state index is 12.3. The SMILES string of the molecule is O=C(NCc1ccnc(-c2ccncc2)c1)c1cc(-c2cccs2)on1. The molecule has 0 fully saturated rings. The highest BCUT2D eigenvalue weighted by molar-refractivity contribution is 7.13. The number of aromatic nitrogens is 3. The van der Waals surface area contributed by atoms with Crippen LogP contribution in [-0.4, -0.2) is 21.0 Å². The van der Waals surface area contributed by atoms with E-state index in [9.17, 15) is 4.79 Å². The van der Waals surface area contributed by atoms with E-state index in [1.54, 1.807) is 24.7 Å². The molecule has 6 nitrogen and oxygen atoms in total. The highest BCUT2D eigenvalue weighted by atomic mass is 32.1. The highest BCUT2D eigenvalue weighted by Crippen LogP contribution is 2.25. The van der Waals surface area contributed by atoms with Crippen LogP contribution < -0.4 is 5.32 Å². The molecular formula is C19H14N4O2S. The number of amides is 1. The van der Waals surface area contributed by atoms with Crippen LogP contribution in [-0.2, 0) is 6.54 Å². The largest absolute Gasteiger partial charge is 0.355 e. The Hall–Kier alpha value is -3.32. The van der Waals surface area contributed by atoms with Crippen molar-refractivity contribution in [1.82, 2.24) is 20.4 Å². The van der Waals surface area contributed by atoms with E-state index in [2.05, 4.69) is 20.4 Å². The summed E-state index contributed by atoms with van der Waals surface area (Å²) in [6.45, 7) is 0.376. The number of hydrogen-bond donors (Lipinski definition) is 1. The third-order valence-electron chi connectivity index (χ3n) is 3.76. The molecule has 128 valence electrons. The van der Waals surface area contributed by atoms with Gasteiger partial charge in [0.25, 0.3) is 5.91 Å². The molecule has 4 heterocycles. The number of hydrogen-bond acceptors (Lipinski definition) is 6. The van der Waals surface area contributed by atoms with Gasteiger partial charge in [-0.05, 0) is 41.3 Å². The molecule has 0 radical (unpaired) electrons. The van der Waals surface area contributed by atoms with E-state index in [1.807, 2.05) is 41.8 Å². The van der Waals surface area contributed by atoms with Gasteiger partial charge in [-0.2, -0.15) is 0 Å². The minimum atomic E-state index is -0.279. The molecule has 0 saturated carbocycles. The first-order chi connectivity index (χ1) is 12.8. The molecule has 4 rings (SSSR count). The molecule has 0 aromatic carbocycles. The van der Waals surface area contributed by atoms with Gasteiger partial charge < -0.3 is 9.84 Å². The predicted octanol–water partition coefficient (Wildman–Crippen LogP) is 3.79. The van der Waals surface area contributed by atoms with Crippen LogP contribution in [0.1, 0.15) is 16.1 Å². The van der Waals surface area contributed by atoms with Crippen molar-refractivity contribution >= 4 is 17.2 Å². The standard InChI is InChI=1S/C19H14N4O2S/c24-19(16-11-17(25-23-16)18-2-1-9-26-18)22-12-13-3-8-21-15(10-13)14-4-6-20-7-5-14/h1-11H,12H2,(H,22,24). The first-order valence-corrected chi connectivity index (χ1v) is 8.82. The van der Waals surface area contributed by atoms with Crippen LogP contribution in [0.4, 0.5) is 0 Å². The van der Waals surface area contributed by atoms with Crippen molar-refractivity contribution in [2.75, 3.05) is 0 Å². The van der Waals surface area contributed by atoms with E-state index in [-0.39, 0.29) is 11.6 Å². The van der Waals surface area contributed by atoms with Crippen LogP contribution in [0.5, 0.6) is 0 Å². The van der Waals surface area contributed by atoms with Crippen LogP contribution >= 0.6 is 11.3 Å². The maximum absolute atomic E-state index is 12.3. The number of thiophene rings is 1. The third kappa shape index (κ3) is 3.52. The smallest absolute Gasteiger partial charge is 0.273 e. The van der Waals surface area contributed by atoms with Crippen LogP contribution in [0, 0.1) is 0 Å². The Morgan fingerprint density at radius 1 is 1.12 bits per heavy atom. The zero-order valence-corrected chi connectivity index (χ0v) is 14.4. The number of rotatable bonds is 5. The van der Waals surface area contributed by atoms with E-state index in [0.29, 0.717) is 12.3 Å². The van der Waals surface area contributed by atoms with Gasteiger partial charge in [0.05, 0.1) is 10.6 Å². The molecule has 1 N–H and O–H groups in total. The second-order valence-corrected chi connectivity index (χ2v) is 6.47. The fourth-order valence-corrected chi connectivity index (χ4v) is 3.13. The summed E-state index contributed by atoms with van der Waals surface area (Å²) in [6.07, 6.45) is 5.17. The number of pyridine rings is 2. The zero-order valence-electron chi connectivity index (χ0n) is 13.6. The molecule has 0 atom stereocenters.